The van der Waals surface area contributed by atoms with Crippen LogP contribution < -0.4 is 2.78 Å². The SMILES string of the molecule is Cc1cncn1-c1nccc[n+]1I. The molecule has 13 heavy (non-hydrogen) atoms. The zero-order valence-corrected chi connectivity index (χ0v) is 9.21. The van der Waals surface area contributed by atoms with Gasteiger partial charge in [0.1, 0.15) is 11.9 Å². The van der Waals surface area contributed by atoms with Crippen molar-refractivity contribution in [2.24, 2.45) is 0 Å². The van der Waals surface area contributed by atoms with Crippen LogP contribution in [0.1, 0.15) is 5.69 Å². The van der Waals surface area contributed by atoms with Gasteiger partial charge in [0, 0.05) is 6.07 Å². The molecule has 0 saturated carbocycles. The summed E-state index contributed by atoms with van der Waals surface area (Å²) >= 11 is 2.18. The van der Waals surface area contributed by atoms with Crippen LogP contribution in [0.25, 0.3) is 5.95 Å². The molecule has 0 aliphatic rings. The molecule has 4 nitrogen and oxygen atoms in total. The minimum atomic E-state index is 0.859. The van der Waals surface area contributed by atoms with E-state index in [9.17, 15) is 0 Å². The van der Waals surface area contributed by atoms with Crippen molar-refractivity contribution in [2.75, 3.05) is 0 Å². The van der Waals surface area contributed by atoms with Gasteiger partial charge in [-0.25, -0.2) is 4.98 Å². The van der Waals surface area contributed by atoms with Crippen molar-refractivity contribution in [3.8, 4) is 5.95 Å². The zero-order chi connectivity index (χ0) is 9.26. The highest BCUT2D eigenvalue weighted by Crippen LogP contribution is 2.02. The van der Waals surface area contributed by atoms with E-state index in [1.165, 1.54) is 0 Å². The number of aromatic nitrogens is 4. The number of halogens is 1. The van der Waals surface area contributed by atoms with Gasteiger partial charge >= 0.3 is 5.95 Å². The maximum absolute atomic E-state index is 4.26. The first-order chi connectivity index (χ1) is 6.29. The smallest absolute Gasteiger partial charge is 0.228 e. The Morgan fingerprint density at radius 1 is 1.54 bits per heavy atom. The summed E-state index contributed by atoms with van der Waals surface area (Å²) in [7, 11) is 0. The van der Waals surface area contributed by atoms with Crippen molar-refractivity contribution in [1.82, 2.24) is 14.5 Å². The third kappa shape index (κ3) is 1.55. The van der Waals surface area contributed by atoms with Gasteiger partial charge in [0.05, 0.1) is 12.4 Å². The second-order valence-electron chi connectivity index (χ2n) is 2.64. The first kappa shape index (κ1) is 8.61. The molecule has 2 aromatic rings. The average Bonchev–Trinajstić information content (AvgIpc) is 2.52. The molecule has 2 aromatic heterocycles. The second-order valence-corrected chi connectivity index (χ2v) is 3.68. The highest BCUT2D eigenvalue weighted by molar-refractivity contribution is 14.1. The van der Waals surface area contributed by atoms with Gasteiger partial charge in [-0.2, -0.15) is 7.35 Å². The van der Waals surface area contributed by atoms with Gasteiger partial charge in [-0.1, -0.05) is 4.98 Å². The molecule has 0 atom stereocenters. The Hall–Kier alpha value is -0.980. The summed E-state index contributed by atoms with van der Waals surface area (Å²) in [6.07, 6.45) is 7.28. The van der Waals surface area contributed by atoms with Gasteiger partial charge in [-0.05, 0) is 6.92 Å². The lowest BCUT2D eigenvalue weighted by Crippen LogP contribution is -2.27. The van der Waals surface area contributed by atoms with Crippen LogP contribution in [0.5, 0.6) is 0 Å². The topological polar surface area (TPSA) is 34.6 Å². The van der Waals surface area contributed by atoms with E-state index in [2.05, 4.69) is 32.8 Å². The molecule has 0 fully saturated rings. The van der Waals surface area contributed by atoms with Crippen LogP contribution in [0.2, 0.25) is 0 Å². The van der Waals surface area contributed by atoms with Crippen LogP contribution >= 0.6 is 22.9 Å². The van der Waals surface area contributed by atoms with Crippen molar-refractivity contribution in [1.29, 1.82) is 0 Å². The average molecular weight is 287 g/mol. The fourth-order valence-corrected chi connectivity index (χ4v) is 1.62. The van der Waals surface area contributed by atoms with Crippen molar-refractivity contribution in [3.05, 3.63) is 36.7 Å². The summed E-state index contributed by atoms with van der Waals surface area (Å²) in [6, 6.07) is 1.89. The van der Waals surface area contributed by atoms with Gasteiger partial charge in [0.2, 0.25) is 0 Å². The van der Waals surface area contributed by atoms with Crippen LogP contribution in [0, 0.1) is 6.92 Å². The van der Waals surface area contributed by atoms with E-state index in [0.29, 0.717) is 0 Å². The van der Waals surface area contributed by atoms with E-state index in [4.69, 9.17) is 0 Å². The summed E-state index contributed by atoms with van der Waals surface area (Å²) in [5.41, 5.74) is 1.07. The number of aryl methyl sites for hydroxylation is 1. The molecule has 0 radical (unpaired) electrons. The zero-order valence-electron chi connectivity index (χ0n) is 7.05. The van der Waals surface area contributed by atoms with E-state index in [-0.39, 0.29) is 0 Å². The van der Waals surface area contributed by atoms with E-state index >= 15 is 0 Å². The molecule has 2 heterocycles. The monoisotopic (exact) mass is 287 g/mol. The summed E-state index contributed by atoms with van der Waals surface area (Å²) < 4.78 is 3.86. The van der Waals surface area contributed by atoms with E-state index in [1.54, 1.807) is 12.5 Å². The molecule has 0 aliphatic heterocycles. The first-order valence-corrected chi connectivity index (χ1v) is 4.77. The molecule has 0 aliphatic carbocycles. The van der Waals surface area contributed by atoms with Gasteiger partial charge < -0.3 is 0 Å². The summed E-state index contributed by atoms with van der Waals surface area (Å²) in [6.45, 7) is 2.00. The number of rotatable bonds is 1. The molecule has 0 spiro atoms. The third-order valence-electron chi connectivity index (χ3n) is 1.72. The molecular weight excluding hydrogens is 279 g/mol. The van der Waals surface area contributed by atoms with E-state index in [1.807, 2.05) is 32.7 Å². The predicted octanol–water partition coefficient (Wildman–Crippen LogP) is 1.06. The maximum Gasteiger partial charge on any atom is 0.413 e. The Morgan fingerprint density at radius 3 is 3.00 bits per heavy atom. The summed E-state index contributed by atoms with van der Waals surface area (Å²) in [5, 5.41) is 0. The van der Waals surface area contributed by atoms with Crippen molar-refractivity contribution in [2.45, 2.75) is 6.92 Å². The van der Waals surface area contributed by atoms with Gasteiger partial charge in [0.25, 0.3) is 0 Å². The minimum Gasteiger partial charge on any atom is -0.228 e. The van der Waals surface area contributed by atoms with Crippen LogP contribution in [-0.4, -0.2) is 14.5 Å². The lowest BCUT2D eigenvalue weighted by Gasteiger charge is -1.96. The second kappa shape index (κ2) is 3.41. The maximum atomic E-state index is 4.26. The molecule has 0 unspecified atom stereocenters. The molecule has 2 rings (SSSR count). The summed E-state index contributed by atoms with van der Waals surface area (Å²) in [4.78, 5) is 8.31. The Kier molecular flexibility index (Phi) is 2.26. The van der Waals surface area contributed by atoms with Crippen molar-refractivity contribution in [3.63, 3.8) is 0 Å². The first-order valence-electron chi connectivity index (χ1n) is 3.81. The minimum absolute atomic E-state index is 0.859. The van der Waals surface area contributed by atoms with Crippen molar-refractivity contribution < 1.29 is 2.78 Å². The molecule has 0 amide bonds. The molecule has 5 heteroatoms. The van der Waals surface area contributed by atoms with Gasteiger partial charge in [0.15, 0.2) is 29.2 Å². The lowest BCUT2D eigenvalue weighted by molar-refractivity contribution is -0.439. The molecule has 0 bridgehead atoms. The molecule has 0 aromatic carbocycles. The van der Waals surface area contributed by atoms with Crippen LogP contribution in [-0.2, 0) is 0 Å². The predicted molar refractivity (Wildman–Crippen MR) is 55.7 cm³/mol. The molecule has 66 valence electrons. The largest absolute Gasteiger partial charge is 0.413 e. The van der Waals surface area contributed by atoms with E-state index < -0.39 is 0 Å². The van der Waals surface area contributed by atoms with Crippen LogP contribution in [0.3, 0.4) is 0 Å². The Balaban J connectivity index is 2.59. The lowest BCUT2D eigenvalue weighted by atomic mass is 10.5. The molecular formula is C8H8IN4+. The van der Waals surface area contributed by atoms with Gasteiger partial charge in [-0.15, -0.1) is 0 Å². The highest BCUT2D eigenvalue weighted by Gasteiger charge is 2.13. The Labute approximate surface area is 89.8 Å². The normalized spacial score (nSPS) is 10.3. The van der Waals surface area contributed by atoms with Gasteiger partial charge in [-0.3, -0.25) is 0 Å². The van der Waals surface area contributed by atoms with Crippen LogP contribution in [0.15, 0.2) is 31.0 Å². The van der Waals surface area contributed by atoms with Crippen LogP contribution in [0.4, 0.5) is 0 Å². The Bertz CT molecular complexity index is 424. The fraction of sp³-hybridized carbons (Fsp3) is 0.125. The number of hydrogen-bond donors (Lipinski definition) is 0. The molecule has 0 N–H and O–H groups in total. The fourth-order valence-electron chi connectivity index (χ4n) is 1.08. The number of imidazole rings is 1. The number of nitrogens with zero attached hydrogens (tertiary/aromatic N) is 4. The quantitative estimate of drug-likeness (QED) is 0.735. The summed E-state index contributed by atoms with van der Waals surface area (Å²) in [5.74, 6) is 0.859. The highest BCUT2D eigenvalue weighted by atomic mass is 127. The third-order valence-corrected chi connectivity index (χ3v) is 2.48. The molecule has 0 saturated heterocycles. The van der Waals surface area contributed by atoms with E-state index in [0.717, 1.165) is 11.6 Å². The Morgan fingerprint density at radius 2 is 2.38 bits per heavy atom. The standard InChI is InChI=1S/C8H8IN4/c1-7-5-10-6-12(7)8-11-3-2-4-13(8)9/h2-6H,1H3/q+1. The van der Waals surface area contributed by atoms with Crippen molar-refractivity contribution >= 4 is 22.9 Å². The number of hydrogen-bond acceptors (Lipinski definition) is 2.